The van der Waals surface area contributed by atoms with Gasteiger partial charge in [-0.15, -0.1) is 11.3 Å². The van der Waals surface area contributed by atoms with Crippen molar-refractivity contribution in [1.82, 2.24) is 5.32 Å². The zero-order valence-corrected chi connectivity index (χ0v) is 12.6. The van der Waals surface area contributed by atoms with E-state index in [-0.39, 0.29) is 12.5 Å². The van der Waals surface area contributed by atoms with Crippen molar-refractivity contribution >= 4 is 17.2 Å². The van der Waals surface area contributed by atoms with Crippen molar-refractivity contribution in [3.8, 4) is 11.8 Å². The predicted molar refractivity (Wildman–Crippen MR) is 81.8 cm³/mol. The molecule has 0 spiro atoms. The topological polar surface area (TPSA) is 49.3 Å². The molecule has 1 saturated carbocycles. The lowest BCUT2D eigenvalue weighted by Crippen LogP contribution is -2.33. The molecule has 1 amide bonds. The van der Waals surface area contributed by atoms with Gasteiger partial charge in [-0.25, -0.2) is 0 Å². The summed E-state index contributed by atoms with van der Waals surface area (Å²) in [4.78, 5) is 13.7. The molecule has 3 nitrogen and oxygen atoms in total. The van der Waals surface area contributed by atoms with E-state index in [0.29, 0.717) is 10.9 Å². The second-order valence-electron chi connectivity index (χ2n) is 5.41. The summed E-state index contributed by atoms with van der Waals surface area (Å²) in [7, 11) is 0. The number of carbonyl (C=O) groups excluding carboxylic acids is 1. The zero-order chi connectivity index (χ0) is 14.4. The number of hydrogen-bond acceptors (Lipinski definition) is 3. The summed E-state index contributed by atoms with van der Waals surface area (Å²) in [6, 6.07) is 3.94. The Kier molecular flexibility index (Phi) is 5.63. The van der Waals surface area contributed by atoms with Gasteiger partial charge in [-0.2, -0.15) is 0 Å². The lowest BCUT2D eigenvalue weighted by atomic mass is 10.0. The van der Waals surface area contributed by atoms with Gasteiger partial charge in [0.1, 0.15) is 6.61 Å². The van der Waals surface area contributed by atoms with Crippen molar-refractivity contribution in [2.75, 3.05) is 6.61 Å². The minimum atomic E-state index is -0.153. The van der Waals surface area contributed by atoms with Crippen LogP contribution in [0.4, 0.5) is 0 Å². The molecular weight excluding hydrogens is 270 g/mol. The quantitative estimate of drug-likeness (QED) is 0.650. The summed E-state index contributed by atoms with van der Waals surface area (Å²) in [6.45, 7) is 2.13. The Morgan fingerprint density at radius 2 is 2.25 bits per heavy atom. The number of rotatable bonds is 2. The highest BCUT2D eigenvalue weighted by atomic mass is 32.1. The maximum Gasteiger partial charge on any atom is 0.261 e. The van der Waals surface area contributed by atoms with Gasteiger partial charge >= 0.3 is 0 Å². The molecular formula is C16H21NO2S. The van der Waals surface area contributed by atoms with Gasteiger partial charge in [0.2, 0.25) is 0 Å². The molecule has 4 heteroatoms. The molecule has 1 aliphatic rings. The summed E-state index contributed by atoms with van der Waals surface area (Å²) in [5.41, 5.74) is 0. The van der Waals surface area contributed by atoms with Gasteiger partial charge in [0.15, 0.2) is 0 Å². The van der Waals surface area contributed by atoms with E-state index in [1.165, 1.54) is 30.6 Å². The summed E-state index contributed by atoms with van der Waals surface area (Å²) in [6.07, 6.45) is 5.83. The van der Waals surface area contributed by atoms with E-state index in [9.17, 15) is 4.79 Å². The van der Waals surface area contributed by atoms with Crippen LogP contribution in [0, 0.1) is 17.8 Å². The van der Waals surface area contributed by atoms with E-state index in [4.69, 9.17) is 5.11 Å². The Morgan fingerprint density at radius 3 is 3.05 bits per heavy atom. The third kappa shape index (κ3) is 4.36. The minimum absolute atomic E-state index is 0.00611. The van der Waals surface area contributed by atoms with Crippen molar-refractivity contribution in [3.63, 3.8) is 0 Å². The van der Waals surface area contributed by atoms with Crippen LogP contribution < -0.4 is 5.32 Å². The first-order valence-electron chi connectivity index (χ1n) is 7.19. The third-order valence-corrected chi connectivity index (χ3v) is 4.71. The lowest BCUT2D eigenvalue weighted by molar-refractivity contribution is 0.0937. The fraction of sp³-hybridized carbons (Fsp3) is 0.562. The first-order valence-corrected chi connectivity index (χ1v) is 8.01. The Morgan fingerprint density at radius 1 is 1.40 bits per heavy atom. The van der Waals surface area contributed by atoms with Crippen LogP contribution in [0.3, 0.4) is 0 Å². The van der Waals surface area contributed by atoms with E-state index in [0.717, 1.165) is 23.6 Å². The first-order chi connectivity index (χ1) is 9.69. The number of nitrogens with one attached hydrogen (secondary N) is 1. The zero-order valence-electron chi connectivity index (χ0n) is 11.8. The lowest BCUT2D eigenvalue weighted by Gasteiger charge is -2.15. The molecule has 1 aromatic rings. The van der Waals surface area contributed by atoms with Gasteiger partial charge in [0.05, 0.1) is 9.75 Å². The molecule has 1 aliphatic carbocycles. The van der Waals surface area contributed by atoms with Gasteiger partial charge in [-0.1, -0.05) is 31.6 Å². The SMILES string of the molecule is CC1CCCC(NC(=O)c2ccc(C#CCO)s2)CC1. The molecule has 1 aromatic heterocycles. The molecule has 0 aliphatic heterocycles. The predicted octanol–water partition coefficient (Wildman–Crippen LogP) is 2.79. The molecule has 0 radical (unpaired) electrons. The monoisotopic (exact) mass is 291 g/mol. The second-order valence-corrected chi connectivity index (χ2v) is 6.49. The van der Waals surface area contributed by atoms with E-state index in [1.54, 1.807) is 6.07 Å². The molecule has 0 bridgehead atoms. The van der Waals surface area contributed by atoms with Crippen molar-refractivity contribution in [1.29, 1.82) is 0 Å². The van der Waals surface area contributed by atoms with E-state index in [2.05, 4.69) is 24.1 Å². The largest absolute Gasteiger partial charge is 0.384 e. The van der Waals surface area contributed by atoms with Gasteiger partial charge in [0, 0.05) is 6.04 Å². The highest BCUT2D eigenvalue weighted by Gasteiger charge is 2.19. The molecule has 1 heterocycles. The highest BCUT2D eigenvalue weighted by molar-refractivity contribution is 7.14. The Labute approximate surface area is 124 Å². The van der Waals surface area contributed by atoms with Gasteiger partial charge in [0.25, 0.3) is 5.91 Å². The molecule has 20 heavy (non-hydrogen) atoms. The molecule has 108 valence electrons. The molecule has 0 saturated heterocycles. The molecule has 2 unspecified atom stereocenters. The smallest absolute Gasteiger partial charge is 0.261 e. The van der Waals surface area contributed by atoms with Crippen LogP contribution in [0.1, 0.15) is 53.6 Å². The standard InChI is InChI=1S/C16H21NO2S/c1-12-4-2-5-13(8-7-12)17-16(19)15-10-9-14(20-15)6-3-11-18/h9-10,12-13,18H,2,4-5,7-8,11H2,1H3,(H,17,19). The average molecular weight is 291 g/mol. The Hall–Kier alpha value is -1.31. The average Bonchev–Trinajstić information content (AvgIpc) is 2.82. The van der Waals surface area contributed by atoms with Crippen molar-refractivity contribution in [2.45, 2.75) is 45.1 Å². The summed E-state index contributed by atoms with van der Waals surface area (Å²) in [5.74, 6) is 6.21. The van der Waals surface area contributed by atoms with E-state index in [1.807, 2.05) is 6.07 Å². The Balaban J connectivity index is 1.92. The number of thiophene rings is 1. The number of carbonyl (C=O) groups is 1. The van der Waals surface area contributed by atoms with Crippen LogP contribution in [0.25, 0.3) is 0 Å². The number of amides is 1. The molecule has 2 N–H and O–H groups in total. The van der Waals surface area contributed by atoms with Crippen molar-refractivity contribution in [3.05, 3.63) is 21.9 Å². The third-order valence-electron chi connectivity index (χ3n) is 3.71. The summed E-state index contributed by atoms with van der Waals surface area (Å²) < 4.78 is 0. The first kappa shape index (κ1) is 15.1. The molecule has 1 fully saturated rings. The van der Waals surface area contributed by atoms with Gasteiger partial charge in [-0.3, -0.25) is 4.79 Å². The van der Waals surface area contributed by atoms with Crippen LogP contribution in [0.5, 0.6) is 0 Å². The van der Waals surface area contributed by atoms with E-state index >= 15 is 0 Å². The molecule has 2 atom stereocenters. The number of hydrogen-bond donors (Lipinski definition) is 2. The fourth-order valence-corrected chi connectivity index (χ4v) is 3.33. The minimum Gasteiger partial charge on any atom is -0.384 e. The number of aliphatic hydroxyl groups is 1. The Bertz CT molecular complexity index is 512. The maximum atomic E-state index is 12.2. The molecule has 0 aromatic carbocycles. The van der Waals surface area contributed by atoms with Crippen LogP contribution in [0.15, 0.2) is 12.1 Å². The molecule has 2 rings (SSSR count). The van der Waals surface area contributed by atoms with Crippen LogP contribution >= 0.6 is 11.3 Å². The fourth-order valence-electron chi connectivity index (χ4n) is 2.54. The summed E-state index contributed by atoms with van der Waals surface area (Å²) >= 11 is 1.38. The van der Waals surface area contributed by atoms with Crippen molar-refractivity contribution < 1.29 is 9.90 Å². The summed E-state index contributed by atoms with van der Waals surface area (Å²) in [5, 5.41) is 11.8. The van der Waals surface area contributed by atoms with E-state index < -0.39 is 0 Å². The highest BCUT2D eigenvalue weighted by Crippen LogP contribution is 2.23. The maximum absolute atomic E-state index is 12.2. The van der Waals surface area contributed by atoms with Gasteiger partial charge < -0.3 is 10.4 Å². The van der Waals surface area contributed by atoms with Gasteiger partial charge in [-0.05, 0) is 37.3 Å². The number of aliphatic hydroxyl groups excluding tert-OH is 1. The van der Waals surface area contributed by atoms with Crippen LogP contribution in [-0.4, -0.2) is 23.7 Å². The second kappa shape index (κ2) is 7.47. The van der Waals surface area contributed by atoms with Crippen molar-refractivity contribution in [2.24, 2.45) is 5.92 Å². The normalized spacial score (nSPS) is 22.5. The van der Waals surface area contributed by atoms with Crippen LogP contribution in [-0.2, 0) is 0 Å². The van der Waals surface area contributed by atoms with Crippen LogP contribution in [0.2, 0.25) is 0 Å².